The fraction of sp³-hybridized carbons (Fsp3) is 0.900. The molecule has 0 heterocycles. The van der Waals surface area contributed by atoms with Gasteiger partial charge in [-0.15, -0.1) is 0 Å². The molecule has 0 fully saturated rings. The molecule has 0 aliphatic rings. The van der Waals surface area contributed by atoms with Crippen molar-refractivity contribution in [2.45, 2.75) is 108 Å². The van der Waals surface area contributed by atoms with Gasteiger partial charge in [-0.3, -0.25) is 14.1 Å². The van der Waals surface area contributed by atoms with Crippen molar-refractivity contribution in [3.63, 3.8) is 0 Å². The Kier molecular flexibility index (Phi) is 20.9. The van der Waals surface area contributed by atoms with Crippen LogP contribution in [0.5, 0.6) is 0 Å². The minimum Gasteiger partial charge on any atom is -0.481 e. The molecular formula is C20H44O7P2S. The fourth-order valence-corrected chi connectivity index (χ4v) is 4.90. The van der Waals surface area contributed by atoms with E-state index in [0.717, 1.165) is 51.4 Å². The van der Waals surface area contributed by atoms with Crippen LogP contribution < -0.4 is 0 Å². The molecule has 0 aliphatic heterocycles. The molecule has 0 aliphatic carbocycles. The molecule has 0 saturated heterocycles. The molecule has 3 N–H and O–H groups in total. The molecule has 0 aromatic carbocycles. The van der Waals surface area contributed by atoms with Gasteiger partial charge in [-0.1, -0.05) is 90.9 Å². The van der Waals surface area contributed by atoms with E-state index in [1.165, 1.54) is 0 Å². The van der Waals surface area contributed by atoms with Crippen molar-refractivity contribution in [3.8, 4) is 0 Å². The Hall–Kier alpha value is -0.290. The zero-order valence-electron chi connectivity index (χ0n) is 18.8. The predicted molar refractivity (Wildman–Crippen MR) is 131 cm³/mol. The first kappa shape index (κ1) is 34.3. The molecule has 0 aromatic heterocycles. The molecule has 30 heavy (non-hydrogen) atoms. The predicted octanol–water partition coefficient (Wildman–Crippen LogP) is 5.02. The summed E-state index contributed by atoms with van der Waals surface area (Å²) >= 11 is 0. The van der Waals surface area contributed by atoms with Gasteiger partial charge in [0.05, 0.1) is 5.92 Å². The molecule has 0 spiro atoms. The van der Waals surface area contributed by atoms with Crippen LogP contribution in [0, 0.1) is 5.92 Å². The van der Waals surface area contributed by atoms with E-state index >= 15 is 0 Å². The molecule has 182 valence electrons. The Morgan fingerprint density at radius 3 is 1.53 bits per heavy atom. The van der Waals surface area contributed by atoms with Crippen LogP contribution in [0.25, 0.3) is 0 Å². The van der Waals surface area contributed by atoms with Crippen molar-refractivity contribution in [3.05, 3.63) is 0 Å². The first-order valence-corrected chi connectivity index (χ1v) is 12.0. The van der Waals surface area contributed by atoms with Crippen molar-refractivity contribution in [1.29, 1.82) is 0 Å². The molecule has 7 nitrogen and oxygen atoms in total. The smallest absolute Gasteiger partial charge is 0.328 e. The van der Waals surface area contributed by atoms with Gasteiger partial charge in [0.2, 0.25) is 4.75 Å². The van der Waals surface area contributed by atoms with Crippen molar-refractivity contribution in [1.82, 2.24) is 0 Å². The van der Waals surface area contributed by atoms with Crippen LogP contribution in [0.1, 0.15) is 104 Å². The Bertz CT molecular complexity index is 570. The molecule has 4 atom stereocenters. The second-order valence-electron chi connectivity index (χ2n) is 7.63. The summed E-state index contributed by atoms with van der Waals surface area (Å²) in [6.45, 7) is 4.14. The second-order valence-corrected chi connectivity index (χ2v) is 9.31. The van der Waals surface area contributed by atoms with Crippen molar-refractivity contribution in [2.24, 2.45) is 5.92 Å². The minimum absolute atomic E-state index is 0. The first-order valence-electron chi connectivity index (χ1n) is 10.6. The van der Waals surface area contributed by atoms with E-state index in [-0.39, 0.29) is 39.1 Å². The fourth-order valence-electron chi connectivity index (χ4n) is 3.70. The van der Waals surface area contributed by atoms with E-state index in [0.29, 0.717) is 19.3 Å². The first-order chi connectivity index (χ1) is 13.1. The number of rotatable bonds is 18. The van der Waals surface area contributed by atoms with Crippen LogP contribution in [0.15, 0.2) is 0 Å². The highest BCUT2D eigenvalue weighted by Gasteiger charge is 2.58. The van der Waals surface area contributed by atoms with Crippen LogP contribution in [0.2, 0.25) is 0 Å². The molecule has 10 heteroatoms. The van der Waals surface area contributed by atoms with Crippen LogP contribution in [-0.4, -0.2) is 39.9 Å². The highest BCUT2D eigenvalue weighted by atomic mass is 32.2. The summed E-state index contributed by atoms with van der Waals surface area (Å²) in [6, 6.07) is 0. The average molecular weight is 491 g/mol. The van der Waals surface area contributed by atoms with Gasteiger partial charge in [-0.2, -0.15) is 28.2 Å². The Morgan fingerprint density at radius 2 is 1.17 bits per heavy atom. The third-order valence-electron chi connectivity index (χ3n) is 5.43. The van der Waals surface area contributed by atoms with Gasteiger partial charge in [-0.05, 0) is 12.8 Å². The number of unbranched alkanes of at least 4 members (excludes halogenated alkanes) is 10. The van der Waals surface area contributed by atoms with Crippen molar-refractivity contribution in [2.75, 3.05) is 0 Å². The summed E-state index contributed by atoms with van der Waals surface area (Å²) in [7, 11) is -5.10. The molecular weight excluding hydrogens is 446 g/mol. The van der Waals surface area contributed by atoms with Gasteiger partial charge >= 0.3 is 11.9 Å². The SMILES string of the molecule is CCCCCCCCC(C(=O)O)C(CCCCCCCC)(C(=O)O)S(=O)(=O)O.P.P. The Labute approximate surface area is 189 Å². The summed E-state index contributed by atoms with van der Waals surface area (Å²) < 4.78 is 31.3. The number of carboxylic acids is 2. The van der Waals surface area contributed by atoms with Gasteiger partial charge in [0.1, 0.15) is 0 Å². The minimum atomic E-state index is -5.10. The topological polar surface area (TPSA) is 129 Å². The maximum absolute atomic E-state index is 12.1. The Balaban J connectivity index is -0.00000364. The lowest BCUT2D eigenvalue weighted by Crippen LogP contribution is -2.55. The van der Waals surface area contributed by atoms with E-state index in [9.17, 15) is 32.8 Å². The van der Waals surface area contributed by atoms with E-state index in [1.807, 2.05) is 0 Å². The average Bonchev–Trinajstić information content (AvgIpc) is 2.60. The van der Waals surface area contributed by atoms with E-state index in [1.54, 1.807) is 0 Å². The van der Waals surface area contributed by atoms with Gasteiger partial charge in [0.25, 0.3) is 10.1 Å². The summed E-state index contributed by atoms with van der Waals surface area (Å²) in [5.74, 6) is -4.93. The summed E-state index contributed by atoms with van der Waals surface area (Å²) in [5.41, 5.74) is 0. The largest absolute Gasteiger partial charge is 0.481 e. The van der Waals surface area contributed by atoms with Crippen molar-refractivity contribution < 1.29 is 32.8 Å². The third-order valence-corrected chi connectivity index (χ3v) is 7.02. The number of hydrogen-bond donors (Lipinski definition) is 3. The van der Waals surface area contributed by atoms with E-state index < -0.39 is 32.7 Å². The number of hydrogen-bond acceptors (Lipinski definition) is 4. The van der Waals surface area contributed by atoms with Gasteiger partial charge in [0.15, 0.2) is 0 Å². The van der Waals surface area contributed by atoms with Gasteiger partial charge in [-0.25, -0.2) is 0 Å². The van der Waals surface area contributed by atoms with E-state index in [2.05, 4.69) is 13.8 Å². The summed E-state index contributed by atoms with van der Waals surface area (Å²) in [5, 5.41) is 19.3. The van der Waals surface area contributed by atoms with Crippen LogP contribution in [0.3, 0.4) is 0 Å². The maximum Gasteiger partial charge on any atom is 0.328 e. The molecule has 0 radical (unpaired) electrons. The summed E-state index contributed by atoms with van der Waals surface area (Å²) in [6.07, 6.45) is 9.43. The standard InChI is InChI=1S/C20H38O7S.2H3P/c1-3-5-7-9-11-13-15-17(18(21)22)20(19(23)24,28(25,26)27)16-14-12-10-8-6-4-2;;/h17H,3-16H2,1-2H3,(H,21,22)(H,23,24)(H,25,26,27);2*1H3. The highest BCUT2D eigenvalue weighted by Crippen LogP contribution is 2.36. The normalized spacial score (nSPS) is 14.1. The lowest BCUT2D eigenvalue weighted by Gasteiger charge is -2.32. The molecule has 0 bridgehead atoms. The van der Waals surface area contributed by atoms with Crippen LogP contribution >= 0.6 is 19.8 Å². The summed E-state index contributed by atoms with van der Waals surface area (Å²) in [4.78, 5) is 23.8. The van der Waals surface area contributed by atoms with Crippen LogP contribution in [-0.2, 0) is 19.7 Å². The molecule has 0 aromatic rings. The van der Waals surface area contributed by atoms with Crippen molar-refractivity contribution >= 4 is 41.9 Å². The molecule has 0 amide bonds. The number of aliphatic carboxylic acids is 2. The quantitative estimate of drug-likeness (QED) is 0.140. The highest BCUT2D eigenvalue weighted by molar-refractivity contribution is 7.88. The number of carboxylic acid groups (broad SMARTS) is 2. The van der Waals surface area contributed by atoms with E-state index in [4.69, 9.17) is 0 Å². The van der Waals surface area contributed by atoms with Gasteiger partial charge < -0.3 is 10.2 Å². The molecule has 0 rings (SSSR count). The zero-order valence-corrected chi connectivity index (χ0v) is 22.4. The lowest BCUT2D eigenvalue weighted by atomic mass is 9.82. The molecule has 4 unspecified atom stereocenters. The lowest BCUT2D eigenvalue weighted by molar-refractivity contribution is -0.152. The Morgan fingerprint density at radius 1 is 0.767 bits per heavy atom. The monoisotopic (exact) mass is 490 g/mol. The number of carbonyl (C=O) groups is 2. The third kappa shape index (κ3) is 11.4. The zero-order chi connectivity index (χ0) is 21.6. The maximum atomic E-state index is 12.1. The molecule has 0 saturated carbocycles. The van der Waals surface area contributed by atoms with Gasteiger partial charge in [0, 0.05) is 0 Å². The van der Waals surface area contributed by atoms with Crippen LogP contribution in [0.4, 0.5) is 0 Å². The second kappa shape index (κ2) is 18.3.